The van der Waals surface area contributed by atoms with Crippen LogP contribution in [0.1, 0.15) is 37.1 Å². The molecule has 0 aliphatic carbocycles. The first-order valence-electron chi connectivity index (χ1n) is 8.45. The highest BCUT2D eigenvalue weighted by molar-refractivity contribution is 5.16. The first-order chi connectivity index (χ1) is 11.3. The number of hydrogen-bond acceptors (Lipinski definition) is 5. The predicted molar refractivity (Wildman–Crippen MR) is 86.2 cm³/mol. The Balaban J connectivity index is 1.58. The molecule has 2 aromatic heterocycles. The summed E-state index contributed by atoms with van der Waals surface area (Å²) in [5.74, 6) is 2.96. The number of hydrogen-bond donors (Lipinski definition) is 0. The number of methoxy groups -OCH3 is 1. The lowest BCUT2D eigenvalue weighted by Crippen LogP contribution is -2.36. The van der Waals surface area contributed by atoms with Crippen molar-refractivity contribution in [3.8, 4) is 5.88 Å². The number of pyridine rings is 1. The van der Waals surface area contributed by atoms with Gasteiger partial charge in [0.2, 0.25) is 5.88 Å². The molecule has 2 aliphatic heterocycles. The van der Waals surface area contributed by atoms with Gasteiger partial charge in [-0.2, -0.15) is 0 Å². The normalized spacial score (nSPS) is 23.6. The summed E-state index contributed by atoms with van der Waals surface area (Å²) < 4.78 is 7.60. The smallest absolute Gasteiger partial charge is 0.213 e. The van der Waals surface area contributed by atoms with Crippen LogP contribution in [0.25, 0.3) is 0 Å². The van der Waals surface area contributed by atoms with Gasteiger partial charge in [-0.1, -0.05) is 13.0 Å². The van der Waals surface area contributed by atoms with Crippen LogP contribution in [0.5, 0.6) is 5.88 Å². The number of aromatic nitrogens is 4. The van der Waals surface area contributed by atoms with E-state index in [9.17, 15) is 0 Å². The van der Waals surface area contributed by atoms with E-state index in [1.54, 1.807) is 7.11 Å². The van der Waals surface area contributed by atoms with E-state index in [0.29, 0.717) is 18.0 Å². The van der Waals surface area contributed by atoms with Crippen molar-refractivity contribution in [3.63, 3.8) is 0 Å². The first-order valence-corrected chi connectivity index (χ1v) is 8.45. The fourth-order valence-electron chi connectivity index (χ4n) is 3.95. The average Bonchev–Trinajstić information content (AvgIpc) is 3.08. The van der Waals surface area contributed by atoms with E-state index in [0.717, 1.165) is 43.3 Å². The molecule has 6 heteroatoms. The second kappa shape index (κ2) is 5.92. The molecule has 2 aromatic rings. The van der Waals surface area contributed by atoms with Crippen LogP contribution < -0.4 is 4.74 Å². The van der Waals surface area contributed by atoms with Gasteiger partial charge >= 0.3 is 0 Å². The van der Waals surface area contributed by atoms with E-state index in [-0.39, 0.29) is 0 Å². The van der Waals surface area contributed by atoms with E-state index in [2.05, 4.69) is 37.6 Å². The van der Waals surface area contributed by atoms with Gasteiger partial charge in [0.25, 0.3) is 0 Å². The Morgan fingerprint density at radius 1 is 1.22 bits per heavy atom. The van der Waals surface area contributed by atoms with E-state index >= 15 is 0 Å². The predicted octanol–water partition coefficient (Wildman–Crippen LogP) is 1.83. The minimum atomic E-state index is 0.545. The lowest BCUT2D eigenvalue weighted by Gasteiger charge is -2.27. The molecule has 0 spiro atoms. The second-order valence-electron chi connectivity index (χ2n) is 6.43. The van der Waals surface area contributed by atoms with Gasteiger partial charge in [-0.25, -0.2) is 4.98 Å². The zero-order valence-electron chi connectivity index (χ0n) is 13.8. The van der Waals surface area contributed by atoms with Crippen LogP contribution in [0.15, 0.2) is 18.2 Å². The van der Waals surface area contributed by atoms with Crippen LogP contribution in [0, 0.1) is 0 Å². The summed E-state index contributed by atoms with van der Waals surface area (Å²) in [6.07, 6.45) is 4.42. The number of aryl methyl sites for hydroxylation is 1. The van der Waals surface area contributed by atoms with Crippen molar-refractivity contribution < 1.29 is 4.74 Å². The van der Waals surface area contributed by atoms with Gasteiger partial charge in [-0.15, -0.1) is 10.2 Å². The molecule has 0 N–H and O–H groups in total. The van der Waals surface area contributed by atoms with Crippen LogP contribution in [-0.2, 0) is 25.9 Å². The number of ether oxygens (including phenoxy) is 1. The third-order valence-corrected chi connectivity index (χ3v) is 5.14. The number of fused-ring (bicyclic) bond motifs is 3. The fraction of sp³-hybridized carbons (Fsp3) is 0.588. The molecule has 0 radical (unpaired) electrons. The van der Waals surface area contributed by atoms with Gasteiger partial charge in [0.05, 0.1) is 12.8 Å². The van der Waals surface area contributed by atoms with Gasteiger partial charge in [0, 0.05) is 44.1 Å². The molecule has 0 amide bonds. The Hall–Kier alpha value is -1.95. The Morgan fingerprint density at radius 2 is 2.09 bits per heavy atom. The van der Waals surface area contributed by atoms with Crippen LogP contribution in [0.2, 0.25) is 0 Å². The Labute approximate surface area is 136 Å². The molecule has 2 atom stereocenters. The highest BCUT2D eigenvalue weighted by Crippen LogP contribution is 2.32. The third-order valence-electron chi connectivity index (χ3n) is 5.14. The molecule has 122 valence electrons. The molecule has 1 saturated heterocycles. The molecule has 4 heterocycles. The lowest BCUT2D eigenvalue weighted by molar-refractivity contribution is 0.177. The molecule has 0 aromatic carbocycles. The molecule has 6 nitrogen and oxygen atoms in total. The van der Waals surface area contributed by atoms with Crippen molar-refractivity contribution in [2.45, 2.75) is 57.8 Å². The maximum absolute atomic E-state index is 5.25. The van der Waals surface area contributed by atoms with Crippen LogP contribution in [-0.4, -0.2) is 43.8 Å². The lowest BCUT2D eigenvalue weighted by atomic mass is 10.1. The third kappa shape index (κ3) is 2.61. The molecule has 2 bridgehead atoms. The van der Waals surface area contributed by atoms with Gasteiger partial charge in [-0.05, 0) is 18.9 Å². The van der Waals surface area contributed by atoms with Gasteiger partial charge < -0.3 is 9.30 Å². The summed E-state index contributed by atoms with van der Waals surface area (Å²) in [6.45, 7) is 4.04. The molecule has 2 aliphatic rings. The summed E-state index contributed by atoms with van der Waals surface area (Å²) in [6, 6.07) is 7.10. The Bertz CT molecular complexity index is 698. The highest BCUT2D eigenvalue weighted by Gasteiger charge is 2.38. The summed E-state index contributed by atoms with van der Waals surface area (Å²) in [7, 11) is 1.67. The summed E-state index contributed by atoms with van der Waals surface area (Å²) in [5, 5.41) is 8.78. The standard InChI is InChI=1S/C17H23N5O/c1-3-15-19-20-16-9-13-7-8-14(11-22(15)16)21(13)10-12-5-4-6-17(18-12)23-2/h4-6,13-14H,3,7-11H2,1-2H3. The molecule has 0 saturated carbocycles. The second-order valence-corrected chi connectivity index (χ2v) is 6.43. The molecular formula is C17H23N5O. The largest absolute Gasteiger partial charge is 0.481 e. The number of nitrogens with zero attached hydrogens (tertiary/aromatic N) is 5. The van der Waals surface area contributed by atoms with Crippen LogP contribution in [0.4, 0.5) is 0 Å². The molecule has 4 rings (SSSR count). The molecular weight excluding hydrogens is 290 g/mol. The van der Waals surface area contributed by atoms with Crippen molar-refractivity contribution in [2.24, 2.45) is 0 Å². The zero-order chi connectivity index (χ0) is 15.8. The van der Waals surface area contributed by atoms with E-state index in [1.807, 2.05) is 12.1 Å². The first kappa shape index (κ1) is 14.6. The maximum Gasteiger partial charge on any atom is 0.213 e. The summed E-state index contributed by atoms with van der Waals surface area (Å²) >= 11 is 0. The summed E-state index contributed by atoms with van der Waals surface area (Å²) in [4.78, 5) is 7.19. The van der Waals surface area contributed by atoms with E-state index < -0.39 is 0 Å². The monoisotopic (exact) mass is 313 g/mol. The minimum Gasteiger partial charge on any atom is -0.481 e. The maximum atomic E-state index is 5.25. The van der Waals surface area contributed by atoms with Crippen molar-refractivity contribution in [3.05, 3.63) is 35.5 Å². The number of rotatable bonds is 4. The molecule has 1 fully saturated rings. The van der Waals surface area contributed by atoms with Crippen LogP contribution in [0.3, 0.4) is 0 Å². The van der Waals surface area contributed by atoms with Crippen molar-refractivity contribution in [1.29, 1.82) is 0 Å². The van der Waals surface area contributed by atoms with E-state index in [1.165, 1.54) is 12.8 Å². The van der Waals surface area contributed by atoms with Gasteiger partial charge in [0.1, 0.15) is 11.6 Å². The van der Waals surface area contributed by atoms with E-state index in [4.69, 9.17) is 4.74 Å². The quantitative estimate of drug-likeness (QED) is 0.862. The summed E-state index contributed by atoms with van der Waals surface area (Å²) in [5.41, 5.74) is 1.08. The Morgan fingerprint density at radius 3 is 2.91 bits per heavy atom. The fourth-order valence-corrected chi connectivity index (χ4v) is 3.95. The Kier molecular flexibility index (Phi) is 3.77. The highest BCUT2D eigenvalue weighted by atomic mass is 16.5. The van der Waals surface area contributed by atoms with Crippen molar-refractivity contribution >= 4 is 0 Å². The van der Waals surface area contributed by atoms with Crippen molar-refractivity contribution in [2.75, 3.05) is 7.11 Å². The van der Waals surface area contributed by atoms with Gasteiger partial charge in [-0.3, -0.25) is 4.90 Å². The van der Waals surface area contributed by atoms with Crippen LogP contribution >= 0.6 is 0 Å². The van der Waals surface area contributed by atoms with Gasteiger partial charge in [0.15, 0.2) is 0 Å². The molecule has 23 heavy (non-hydrogen) atoms. The SMILES string of the molecule is CCc1nnc2n1CC1CCC(C2)N1Cc1cccc(OC)n1. The molecule has 2 unspecified atom stereocenters. The topological polar surface area (TPSA) is 56.1 Å². The zero-order valence-corrected chi connectivity index (χ0v) is 13.8. The minimum absolute atomic E-state index is 0.545. The van der Waals surface area contributed by atoms with Crippen molar-refractivity contribution in [1.82, 2.24) is 24.6 Å². The average molecular weight is 313 g/mol.